The maximum Gasteiger partial charge on any atom is 0.151 e. The van der Waals surface area contributed by atoms with Crippen molar-refractivity contribution in [2.75, 3.05) is 18.6 Å². The van der Waals surface area contributed by atoms with Gasteiger partial charge in [0.2, 0.25) is 0 Å². The van der Waals surface area contributed by atoms with Crippen molar-refractivity contribution in [3.8, 4) is 0 Å². The molecule has 1 N–H and O–H groups in total. The lowest BCUT2D eigenvalue weighted by Gasteiger charge is -2.26. The fraction of sp³-hybridized carbons (Fsp3) is 1.00. The number of ether oxygens (including phenoxy) is 1. The van der Waals surface area contributed by atoms with Crippen LogP contribution < -0.4 is 5.32 Å². The molecule has 0 aromatic heterocycles. The molecule has 0 aromatic carbocycles. The standard InChI is InChI=1S/C11H21NO3S/c1-15-11-5-4-9(7-11)12-10-3-2-6-16(13,14)8-10/h9-12H,2-8H2,1H3. The number of sulfone groups is 1. The van der Waals surface area contributed by atoms with Gasteiger partial charge in [-0.3, -0.25) is 0 Å². The molecule has 0 bridgehead atoms. The third-order valence-electron chi connectivity index (χ3n) is 3.65. The van der Waals surface area contributed by atoms with Gasteiger partial charge in [-0.25, -0.2) is 8.42 Å². The van der Waals surface area contributed by atoms with Crippen LogP contribution in [0.2, 0.25) is 0 Å². The van der Waals surface area contributed by atoms with Crippen molar-refractivity contribution in [2.45, 2.75) is 50.3 Å². The van der Waals surface area contributed by atoms with Gasteiger partial charge in [-0.2, -0.15) is 0 Å². The largest absolute Gasteiger partial charge is 0.381 e. The Kier molecular flexibility index (Phi) is 3.87. The smallest absolute Gasteiger partial charge is 0.151 e. The molecular weight excluding hydrogens is 226 g/mol. The van der Waals surface area contributed by atoms with Gasteiger partial charge in [0.05, 0.1) is 17.6 Å². The molecule has 0 amide bonds. The Morgan fingerprint density at radius 2 is 2.00 bits per heavy atom. The molecule has 94 valence electrons. The van der Waals surface area contributed by atoms with Crippen molar-refractivity contribution in [1.29, 1.82) is 0 Å². The van der Waals surface area contributed by atoms with Crippen LogP contribution in [0.3, 0.4) is 0 Å². The lowest BCUT2D eigenvalue weighted by Crippen LogP contribution is -2.44. The highest BCUT2D eigenvalue weighted by molar-refractivity contribution is 7.91. The van der Waals surface area contributed by atoms with E-state index in [9.17, 15) is 8.42 Å². The van der Waals surface area contributed by atoms with E-state index in [1.54, 1.807) is 7.11 Å². The minimum Gasteiger partial charge on any atom is -0.381 e. The van der Waals surface area contributed by atoms with Crippen molar-refractivity contribution >= 4 is 9.84 Å². The van der Waals surface area contributed by atoms with Crippen LogP contribution in [0.5, 0.6) is 0 Å². The maximum atomic E-state index is 11.5. The molecule has 1 saturated carbocycles. The normalized spacial score (nSPS) is 38.7. The Bertz CT molecular complexity index is 328. The number of hydrogen-bond donors (Lipinski definition) is 1. The van der Waals surface area contributed by atoms with Gasteiger partial charge in [-0.1, -0.05) is 0 Å². The van der Waals surface area contributed by atoms with E-state index in [1.165, 1.54) is 0 Å². The summed E-state index contributed by atoms with van der Waals surface area (Å²) in [6.45, 7) is 0. The predicted octanol–water partition coefficient (Wildman–Crippen LogP) is 0.721. The molecule has 3 atom stereocenters. The molecule has 5 heteroatoms. The molecule has 2 rings (SSSR count). The van der Waals surface area contributed by atoms with E-state index < -0.39 is 9.84 Å². The number of rotatable bonds is 3. The fourth-order valence-electron chi connectivity index (χ4n) is 2.79. The summed E-state index contributed by atoms with van der Waals surface area (Å²) in [5, 5.41) is 3.48. The molecule has 0 aromatic rings. The van der Waals surface area contributed by atoms with Crippen LogP contribution in [0.15, 0.2) is 0 Å². The summed E-state index contributed by atoms with van der Waals surface area (Å²) >= 11 is 0. The Hall–Kier alpha value is -0.130. The van der Waals surface area contributed by atoms with E-state index in [4.69, 9.17) is 4.74 Å². The van der Waals surface area contributed by atoms with Crippen molar-refractivity contribution in [3.05, 3.63) is 0 Å². The van der Waals surface area contributed by atoms with Crippen LogP contribution in [-0.2, 0) is 14.6 Å². The van der Waals surface area contributed by atoms with Crippen molar-refractivity contribution in [1.82, 2.24) is 5.32 Å². The molecule has 4 nitrogen and oxygen atoms in total. The molecule has 1 saturated heterocycles. The predicted molar refractivity (Wildman–Crippen MR) is 63.2 cm³/mol. The van der Waals surface area contributed by atoms with E-state index in [0.29, 0.717) is 23.7 Å². The van der Waals surface area contributed by atoms with E-state index in [2.05, 4.69) is 5.32 Å². The minimum absolute atomic E-state index is 0.166. The number of hydrogen-bond acceptors (Lipinski definition) is 4. The molecule has 1 heterocycles. The lowest BCUT2D eigenvalue weighted by atomic mass is 10.1. The van der Waals surface area contributed by atoms with Gasteiger partial charge in [-0.05, 0) is 32.1 Å². The quantitative estimate of drug-likeness (QED) is 0.798. The maximum absolute atomic E-state index is 11.5. The molecule has 3 unspecified atom stereocenters. The molecule has 1 aliphatic carbocycles. The molecule has 2 aliphatic rings. The van der Waals surface area contributed by atoms with Crippen LogP contribution in [0.1, 0.15) is 32.1 Å². The van der Waals surface area contributed by atoms with Gasteiger partial charge in [-0.15, -0.1) is 0 Å². The van der Waals surface area contributed by atoms with E-state index in [0.717, 1.165) is 32.1 Å². The lowest BCUT2D eigenvalue weighted by molar-refractivity contribution is 0.106. The van der Waals surface area contributed by atoms with Gasteiger partial charge < -0.3 is 10.1 Å². The molecule has 0 radical (unpaired) electrons. The van der Waals surface area contributed by atoms with Crippen LogP contribution in [0.4, 0.5) is 0 Å². The molecule has 16 heavy (non-hydrogen) atoms. The monoisotopic (exact) mass is 247 g/mol. The second-order valence-electron chi connectivity index (χ2n) is 4.99. The average Bonchev–Trinajstić information content (AvgIpc) is 2.64. The fourth-order valence-corrected chi connectivity index (χ4v) is 4.44. The number of methoxy groups -OCH3 is 1. The summed E-state index contributed by atoms with van der Waals surface area (Å²) in [6, 6.07) is 0.614. The first-order valence-corrected chi connectivity index (χ1v) is 7.90. The third kappa shape index (κ3) is 3.18. The van der Waals surface area contributed by atoms with Gasteiger partial charge in [0.25, 0.3) is 0 Å². The number of nitrogens with one attached hydrogen (secondary N) is 1. The summed E-state index contributed by atoms with van der Waals surface area (Å²) in [5.74, 6) is 0.692. The van der Waals surface area contributed by atoms with Gasteiger partial charge in [0, 0.05) is 19.2 Å². The summed E-state index contributed by atoms with van der Waals surface area (Å²) in [4.78, 5) is 0. The summed E-state index contributed by atoms with van der Waals surface area (Å²) < 4.78 is 28.3. The molecule has 1 aliphatic heterocycles. The van der Waals surface area contributed by atoms with Crippen molar-refractivity contribution < 1.29 is 13.2 Å². The zero-order chi connectivity index (χ0) is 11.6. The Morgan fingerprint density at radius 1 is 1.19 bits per heavy atom. The highest BCUT2D eigenvalue weighted by Crippen LogP contribution is 2.23. The topological polar surface area (TPSA) is 55.4 Å². The zero-order valence-corrected chi connectivity index (χ0v) is 10.6. The summed E-state index contributed by atoms with van der Waals surface area (Å²) in [6.07, 6.45) is 5.38. The highest BCUT2D eigenvalue weighted by atomic mass is 32.2. The Balaban J connectivity index is 1.82. The summed E-state index contributed by atoms with van der Waals surface area (Å²) in [7, 11) is -1.04. The van der Waals surface area contributed by atoms with Crippen molar-refractivity contribution in [3.63, 3.8) is 0 Å². The molecular formula is C11H21NO3S. The first kappa shape index (κ1) is 12.3. The summed E-state index contributed by atoms with van der Waals surface area (Å²) in [5.41, 5.74) is 0. The third-order valence-corrected chi connectivity index (χ3v) is 5.47. The SMILES string of the molecule is COC1CCC(NC2CCCS(=O)(=O)C2)C1. The Labute approximate surface area is 97.7 Å². The van der Waals surface area contributed by atoms with Gasteiger partial charge >= 0.3 is 0 Å². The first-order valence-electron chi connectivity index (χ1n) is 6.08. The second kappa shape index (κ2) is 5.02. The van der Waals surface area contributed by atoms with Gasteiger partial charge in [0.1, 0.15) is 0 Å². The first-order chi connectivity index (χ1) is 7.59. The van der Waals surface area contributed by atoms with Gasteiger partial charge in [0.15, 0.2) is 9.84 Å². The van der Waals surface area contributed by atoms with E-state index in [-0.39, 0.29) is 6.04 Å². The van der Waals surface area contributed by atoms with E-state index >= 15 is 0 Å². The van der Waals surface area contributed by atoms with Crippen LogP contribution in [-0.4, -0.2) is 45.2 Å². The van der Waals surface area contributed by atoms with Crippen LogP contribution in [0.25, 0.3) is 0 Å². The van der Waals surface area contributed by atoms with Crippen LogP contribution >= 0.6 is 0 Å². The molecule has 0 spiro atoms. The highest BCUT2D eigenvalue weighted by Gasteiger charge is 2.30. The zero-order valence-electron chi connectivity index (χ0n) is 9.81. The van der Waals surface area contributed by atoms with Crippen molar-refractivity contribution in [2.24, 2.45) is 0 Å². The average molecular weight is 247 g/mol. The Morgan fingerprint density at radius 3 is 2.62 bits per heavy atom. The molecule has 2 fully saturated rings. The minimum atomic E-state index is -2.79. The van der Waals surface area contributed by atoms with E-state index in [1.807, 2.05) is 0 Å². The van der Waals surface area contributed by atoms with Crippen LogP contribution in [0, 0.1) is 0 Å². The second-order valence-corrected chi connectivity index (χ2v) is 7.22.